The fraction of sp³-hybridized carbons (Fsp3) is 0.227. The van der Waals surface area contributed by atoms with Crippen LogP contribution in [0.15, 0.2) is 65.8 Å². The Balaban J connectivity index is 1.66. The van der Waals surface area contributed by atoms with Crippen LogP contribution < -0.4 is 5.43 Å². The van der Waals surface area contributed by atoms with E-state index < -0.39 is 0 Å². The molecule has 0 bridgehead atoms. The summed E-state index contributed by atoms with van der Waals surface area (Å²) in [6, 6.07) is 19.9. The van der Waals surface area contributed by atoms with Crippen LogP contribution >= 0.6 is 0 Å². The van der Waals surface area contributed by atoms with Crippen molar-refractivity contribution in [2.24, 2.45) is 11.0 Å². The molecule has 138 valence electrons. The number of nitrogens with one attached hydrogen (secondary N) is 1. The van der Waals surface area contributed by atoms with Gasteiger partial charge in [-0.25, -0.2) is 10.1 Å². The molecule has 0 aliphatic carbocycles. The minimum absolute atomic E-state index is 0.0964. The summed E-state index contributed by atoms with van der Waals surface area (Å²) < 4.78 is 1.89. The normalized spacial score (nSPS) is 12.3. The van der Waals surface area contributed by atoms with Crippen LogP contribution in [0.3, 0.4) is 0 Å². The molecule has 0 saturated carbocycles. The number of hydrogen-bond acceptors (Lipinski definition) is 3. The number of hydrazone groups is 1. The van der Waals surface area contributed by atoms with E-state index in [1.54, 1.807) is 6.21 Å². The number of rotatable bonds is 6. The highest BCUT2D eigenvalue weighted by molar-refractivity contribution is 5.85. The molecule has 27 heavy (non-hydrogen) atoms. The zero-order valence-electron chi connectivity index (χ0n) is 15.9. The Morgan fingerprint density at radius 3 is 2.41 bits per heavy atom. The average Bonchev–Trinajstić information content (AvgIpc) is 2.97. The second kappa shape index (κ2) is 8.45. The van der Waals surface area contributed by atoms with E-state index in [1.807, 2.05) is 86.1 Å². The third kappa shape index (κ3) is 4.50. The minimum Gasteiger partial charge on any atom is -0.273 e. The summed E-state index contributed by atoms with van der Waals surface area (Å²) in [7, 11) is 0. The number of benzene rings is 2. The summed E-state index contributed by atoms with van der Waals surface area (Å²) in [5.74, 6) is -0.250. The highest BCUT2D eigenvalue weighted by atomic mass is 16.2. The van der Waals surface area contributed by atoms with Gasteiger partial charge in [-0.05, 0) is 38.0 Å². The Labute approximate surface area is 159 Å². The monoisotopic (exact) mass is 360 g/mol. The van der Waals surface area contributed by atoms with Gasteiger partial charge in [0.25, 0.3) is 0 Å². The highest BCUT2D eigenvalue weighted by Gasteiger charge is 2.14. The summed E-state index contributed by atoms with van der Waals surface area (Å²) in [6.45, 7) is 5.84. The maximum absolute atomic E-state index is 12.3. The maximum atomic E-state index is 12.3. The minimum atomic E-state index is -0.154. The van der Waals surface area contributed by atoms with Crippen molar-refractivity contribution in [3.05, 3.63) is 83.2 Å². The second-order valence-corrected chi connectivity index (χ2v) is 6.66. The van der Waals surface area contributed by atoms with E-state index in [4.69, 9.17) is 0 Å². The first-order chi connectivity index (χ1) is 13.1. The van der Waals surface area contributed by atoms with Crippen LogP contribution in [0.25, 0.3) is 5.69 Å². The molecule has 0 fully saturated rings. The highest BCUT2D eigenvalue weighted by Crippen LogP contribution is 2.16. The molecule has 1 aromatic heterocycles. The SMILES string of the molecule is Cc1nn(-c2ccccc2)c(C)c1C=NNC(=O)[C@H](C)Cc1ccccc1. The Hall–Kier alpha value is -3.21. The molecule has 0 unspecified atom stereocenters. The molecule has 5 nitrogen and oxygen atoms in total. The summed E-state index contributed by atoms with van der Waals surface area (Å²) in [6.07, 6.45) is 2.36. The van der Waals surface area contributed by atoms with Crippen LogP contribution in [0.2, 0.25) is 0 Å². The van der Waals surface area contributed by atoms with Crippen LogP contribution in [0.4, 0.5) is 0 Å². The lowest BCUT2D eigenvalue weighted by molar-refractivity contribution is -0.124. The number of aromatic nitrogens is 2. The van der Waals surface area contributed by atoms with E-state index >= 15 is 0 Å². The zero-order valence-corrected chi connectivity index (χ0v) is 15.9. The van der Waals surface area contributed by atoms with Gasteiger partial charge in [-0.1, -0.05) is 55.5 Å². The Kier molecular flexibility index (Phi) is 5.81. The van der Waals surface area contributed by atoms with Gasteiger partial charge >= 0.3 is 0 Å². The molecule has 1 heterocycles. The van der Waals surface area contributed by atoms with Gasteiger partial charge in [-0.2, -0.15) is 10.2 Å². The molecule has 0 aliphatic rings. The van der Waals surface area contributed by atoms with Crippen molar-refractivity contribution < 1.29 is 4.79 Å². The van der Waals surface area contributed by atoms with Gasteiger partial charge in [0.2, 0.25) is 5.91 Å². The van der Waals surface area contributed by atoms with Crippen molar-refractivity contribution in [2.75, 3.05) is 0 Å². The number of amides is 1. The largest absolute Gasteiger partial charge is 0.273 e. The zero-order chi connectivity index (χ0) is 19.2. The van der Waals surface area contributed by atoms with Gasteiger partial charge in [-0.3, -0.25) is 4.79 Å². The molecule has 1 atom stereocenters. The maximum Gasteiger partial charge on any atom is 0.243 e. The molecule has 1 N–H and O–H groups in total. The fourth-order valence-electron chi connectivity index (χ4n) is 2.99. The van der Waals surface area contributed by atoms with E-state index in [0.717, 1.165) is 28.2 Å². The van der Waals surface area contributed by atoms with Crippen LogP contribution in [-0.4, -0.2) is 21.9 Å². The van der Waals surface area contributed by atoms with Crippen LogP contribution in [-0.2, 0) is 11.2 Å². The van der Waals surface area contributed by atoms with Crippen molar-refractivity contribution in [1.82, 2.24) is 15.2 Å². The molecule has 3 rings (SSSR count). The number of carbonyl (C=O) groups excluding carboxylic acids is 1. The first kappa shape index (κ1) is 18.6. The Bertz CT molecular complexity index is 930. The lowest BCUT2D eigenvalue weighted by Crippen LogP contribution is -2.26. The Morgan fingerprint density at radius 2 is 1.74 bits per heavy atom. The van der Waals surface area contributed by atoms with Gasteiger partial charge in [0.1, 0.15) is 0 Å². The summed E-state index contributed by atoms with van der Waals surface area (Å²) in [5.41, 5.74) is 7.55. The molecular weight excluding hydrogens is 336 g/mol. The van der Waals surface area contributed by atoms with Gasteiger partial charge in [0.15, 0.2) is 0 Å². The lowest BCUT2D eigenvalue weighted by atomic mass is 10.0. The van der Waals surface area contributed by atoms with Crippen LogP contribution in [0, 0.1) is 19.8 Å². The molecule has 3 aromatic rings. The first-order valence-electron chi connectivity index (χ1n) is 9.04. The van der Waals surface area contributed by atoms with E-state index in [2.05, 4.69) is 15.6 Å². The third-order valence-corrected chi connectivity index (χ3v) is 4.55. The topological polar surface area (TPSA) is 59.3 Å². The van der Waals surface area contributed by atoms with Gasteiger partial charge in [0.05, 0.1) is 23.3 Å². The van der Waals surface area contributed by atoms with Crippen molar-refractivity contribution in [2.45, 2.75) is 27.2 Å². The molecule has 0 aliphatic heterocycles. The molecule has 5 heteroatoms. The standard InChI is InChI=1S/C22H24N4O/c1-16(14-19-10-6-4-7-11-19)22(27)24-23-15-21-17(2)25-26(18(21)3)20-12-8-5-9-13-20/h4-13,15-16H,14H2,1-3H3,(H,24,27)/t16-/m1/s1. The first-order valence-corrected chi connectivity index (χ1v) is 9.04. The lowest BCUT2D eigenvalue weighted by Gasteiger charge is -2.09. The van der Waals surface area contributed by atoms with E-state index in [-0.39, 0.29) is 11.8 Å². The van der Waals surface area contributed by atoms with Crippen molar-refractivity contribution >= 4 is 12.1 Å². The molecule has 0 saturated heterocycles. The van der Waals surface area contributed by atoms with E-state index in [0.29, 0.717) is 6.42 Å². The summed E-state index contributed by atoms with van der Waals surface area (Å²) >= 11 is 0. The number of nitrogens with zero attached hydrogens (tertiary/aromatic N) is 3. The summed E-state index contributed by atoms with van der Waals surface area (Å²) in [5, 5.41) is 8.74. The second-order valence-electron chi connectivity index (χ2n) is 6.66. The van der Waals surface area contributed by atoms with Crippen molar-refractivity contribution in [3.8, 4) is 5.69 Å². The van der Waals surface area contributed by atoms with Gasteiger partial charge in [-0.15, -0.1) is 0 Å². The molecule has 2 aromatic carbocycles. The van der Waals surface area contributed by atoms with Crippen LogP contribution in [0.1, 0.15) is 29.4 Å². The third-order valence-electron chi connectivity index (χ3n) is 4.55. The predicted octanol–water partition coefficient (Wildman–Crippen LogP) is 3.82. The van der Waals surface area contributed by atoms with Crippen molar-refractivity contribution in [1.29, 1.82) is 0 Å². The van der Waals surface area contributed by atoms with E-state index in [9.17, 15) is 4.79 Å². The number of aryl methyl sites for hydroxylation is 1. The van der Waals surface area contributed by atoms with Crippen LogP contribution in [0.5, 0.6) is 0 Å². The number of carbonyl (C=O) groups is 1. The quantitative estimate of drug-likeness (QED) is 0.537. The number of hydrogen-bond donors (Lipinski definition) is 1. The summed E-state index contributed by atoms with van der Waals surface area (Å²) in [4.78, 5) is 12.3. The molecule has 0 radical (unpaired) electrons. The molecule has 1 amide bonds. The predicted molar refractivity (Wildman–Crippen MR) is 108 cm³/mol. The van der Waals surface area contributed by atoms with Gasteiger partial charge < -0.3 is 0 Å². The fourth-order valence-corrected chi connectivity index (χ4v) is 2.99. The smallest absolute Gasteiger partial charge is 0.243 e. The van der Waals surface area contributed by atoms with Crippen molar-refractivity contribution in [3.63, 3.8) is 0 Å². The molecular formula is C22H24N4O. The average molecular weight is 360 g/mol. The van der Waals surface area contributed by atoms with E-state index in [1.165, 1.54) is 0 Å². The van der Waals surface area contributed by atoms with Gasteiger partial charge in [0, 0.05) is 11.5 Å². The molecule has 0 spiro atoms. The Morgan fingerprint density at radius 1 is 1.11 bits per heavy atom. The number of para-hydroxylation sites is 1.